The highest BCUT2D eigenvalue weighted by Crippen LogP contribution is 2.11. The number of rotatable bonds is 23. The largest absolute Gasteiger partial charge is 0.481 e. The van der Waals surface area contributed by atoms with Crippen molar-refractivity contribution in [3.8, 4) is 0 Å². The maximum atomic E-state index is 10.3. The van der Waals surface area contributed by atoms with Crippen molar-refractivity contribution < 1.29 is 44.9 Å². The standard InChI is InChI=1S/C18H34O2.C9H18O7/c1-2-3-4-5-6-7-8-9-10-11-12-13-14-15-16-17-18(19)20;10-1-6(11)8(13)9(14)7(12)4-15-2-5-3-16-5/h9-10H,2-8,11-17H2,1H3,(H,19,20);5-14H,1-4H2/b10-9-;. The number of unbranched alkanes of at least 4 members (excludes halogenated alkanes) is 11. The van der Waals surface area contributed by atoms with Gasteiger partial charge in [0.25, 0.3) is 0 Å². The fraction of sp³-hybridized carbons (Fsp3) is 0.889. The van der Waals surface area contributed by atoms with E-state index in [1.54, 1.807) is 0 Å². The van der Waals surface area contributed by atoms with E-state index >= 15 is 0 Å². The fourth-order valence-corrected chi connectivity index (χ4v) is 3.49. The average molecular weight is 521 g/mol. The van der Waals surface area contributed by atoms with Gasteiger partial charge >= 0.3 is 5.97 Å². The van der Waals surface area contributed by atoms with Crippen molar-refractivity contribution in [2.75, 3.05) is 26.4 Å². The summed E-state index contributed by atoms with van der Waals surface area (Å²) in [6.45, 7) is 2.35. The van der Waals surface area contributed by atoms with Crippen LogP contribution in [-0.4, -0.2) is 93.6 Å². The highest BCUT2D eigenvalue weighted by molar-refractivity contribution is 5.66. The summed E-state index contributed by atoms with van der Waals surface area (Å²) in [6.07, 6.45) is 15.3. The van der Waals surface area contributed by atoms with Crippen LogP contribution in [0.15, 0.2) is 12.2 Å². The van der Waals surface area contributed by atoms with Gasteiger partial charge in [0.05, 0.1) is 26.4 Å². The Kier molecular flexibility index (Phi) is 23.6. The quantitative estimate of drug-likeness (QED) is 0.0676. The minimum absolute atomic E-state index is 0.0531. The molecule has 0 radical (unpaired) electrons. The Hall–Kier alpha value is -1.07. The van der Waals surface area contributed by atoms with E-state index in [0.29, 0.717) is 19.6 Å². The summed E-state index contributed by atoms with van der Waals surface area (Å²) in [4.78, 5) is 10.3. The number of carboxylic acid groups (broad SMARTS) is 1. The minimum Gasteiger partial charge on any atom is -0.481 e. The van der Waals surface area contributed by atoms with E-state index in [1.165, 1.54) is 70.6 Å². The molecule has 5 unspecified atom stereocenters. The lowest BCUT2D eigenvalue weighted by Crippen LogP contribution is -2.47. The molecule has 0 aliphatic carbocycles. The van der Waals surface area contributed by atoms with E-state index in [2.05, 4.69) is 19.1 Å². The Morgan fingerprint density at radius 3 is 1.86 bits per heavy atom. The van der Waals surface area contributed by atoms with Crippen LogP contribution in [0.1, 0.15) is 96.8 Å². The van der Waals surface area contributed by atoms with E-state index in [-0.39, 0.29) is 12.7 Å². The number of carboxylic acids is 1. The molecule has 1 aliphatic rings. The van der Waals surface area contributed by atoms with Gasteiger partial charge in [-0.05, 0) is 32.1 Å². The van der Waals surface area contributed by atoms with Crippen molar-refractivity contribution in [1.29, 1.82) is 0 Å². The van der Waals surface area contributed by atoms with Gasteiger partial charge < -0.3 is 40.1 Å². The van der Waals surface area contributed by atoms with Gasteiger partial charge in [-0.25, -0.2) is 0 Å². The predicted molar refractivity (Wildman–Crippen MR) is 139 cm³/mol. The third-order valence-electron chi connectivity index (χ3n) is 5.97. The summed E-state index contributed by atoms with van der Waals surface area (Å²) in [7, 11) is 0. The fourth-order valence-electron chi connectivity index (χ4n) is 3.49. The number of hydrogen-bond donors (Lipinski definition) is 6. The third kappa shape index (κ3) is 22.2. The topological polar surface area (TPSA) is 160 Å². The van der Waals surface area contributed by atoms with Crippen LogP contribution in [-0.2, 0) is 14.3 Å². The van der Waals surface area contributed by atoms with Crippen LogP contribution in [0.2, 0.25) is 0 Å². The minimum atomic E-state index is -1.61. The highest BCUT2D eigenvalue weighted by atomic mass is 16.6. The number of allylic oxidation sites excluding steroid dienone is 2. The van der Waals surface area contributed by atoms with Gasteiger partial charge in [-0.15, -0.1) is 0 Å². The SMILES string of the molecule is CCCCCCCC/C=C\CCCCCCCC(=O)O.OCC(O)C(O)C(O)C(O)COCC1CO1. The first-order chi connectivity index (χ1) is 17.3. The summed E-state index contributed by atoms with van der Waals surface area (Å²) in [5.41, 5.74) is 0. The molecule has 0 bridgehead atoms. The number of epoxide rings is 1. The molecular weight excluding hydrogens is 468 g/mol. The van der Waals surface area contributed by atoms with Crippen molar-refractivity contribution in [2.24, 2.45) is 0 Å². The van der Waals surface area contributed by atoms with Crippen molar-refractivity contribution in [2.45, 2.75) is 127 Å². The van der Waals surface area contributed by atoms with Gasteiger partial charge in [0.2, 0.25) is 0 Å². The molecule has 1 heterocycles. The van der Waals surface area contributed by atoms with Crippen LogP contribution in [0.3, 0.4) is 0 Å². The molecule has 9 nitrogen and oxygen atoms in total. The van der Waals surface area contributed by atoms with Gasteiger partial charge in [-0.3, -0.25) is 4.79 Å². The first-order valence-corrected chi connectivity index (χ1v) is 13.7. The Bertz CT molecular complexity index is 525. The number of aliphatic hydroxyl groups excluding tert-OH is 5. The molecule has 1 saturated heterocycles. The lowest BCUT2D eigenvalue weighted by molar-refractivity contribution is -0.137. The first-order valence-electron chi connectivity index (χ1n) is 13.7. The van der Waals surface area contributed by atoms with Gasteiger partial charge in [-0.1, -0.05) is 70.4 Å². The zero-order valence-corrected chi connectivity index (χ0v) is 22.2. The number of carbonyl (C=O) groups is 1. The van der Waals surface area contributed by atoms with Crippen LogP contribution < -0.4 is 0 Å². The normalized spacial score (nSPS) is 18.3. The maximum absolute atomic E-state index is 10.3. The molecule has 1 aliphatic heterocycles. The van der Waals surface area contributed by atoms with Crippen molar-refractivity contribution in [3.05, 3.63) is 12.2 Å². The maximum Gasteiger partial charge on any atom is 0.303 e. The molecule has 1 rings (SSSR count). The second-order valence-corrected chi connectivity index (χ2v) is 9.52. The van der Waals surface area contributed by atoms with E-state index in [9.17, 15) is 20.1 Å². The molecular formula is C27H52O9. The molecule has 0 aromatic carbocycles. The Morgan fingerprint density at radius 1 is 0.861 bits per heavy atom. The second-order valence-electron chi connectivity index (χ2n) is 9.52. The molecule has 0 amide bonds. The lowest BCUT2D eigenvalue weighted by atomic mass is 10.0. The first kappa shape index (κ1) is 34.9. The van der Waals surface area contributed by atoms with Crippen LogP contribution in [0, 0.1) is 0 Å². The second kappa shape index (κ2) is 24.3. The van der Waals surface area contributed by atoms with Crippen LogP contribution in [0.25, 0.3) is 0 Å². The molecule has 0 saturated carbocycles. The molecule has 36 heavy (non-hydrogen) atoms. The molecule has 9 heteroatoms. The van der Waals surface area contributed by atoms with E-state index in [0.717, 1.165) is 12.8 Å². The molecule has 214 valence electrons. The third-order valence-corrected chi connectivity index (χ3v) is 5.97. The number of aliphatic carboxylic acids is 1. The molecule has 6 N–H and O–H groups in total. The zero-order valence-electron chi connectivity index (χ0n) is 22.2. The molecule has 0 aromatic heterocycles. The summed E-state index contributed by atoms with van der Waals surface area (Å²) in [5.74, 6) is -0.664. The van der Waals surface area contributed by atoms with E-state index in [1.807, 2.05) is 0 Å². The Balaban J connectivity index is 0.000000696. The van der Waals surface area contributed by atoms with Crippen molar-refractivity contribution >= 4 is 5.97 Å². The number of hydrogen-bond acceptors (Lipinski definition) is 8. The molecule has 5 atom stereocenters. The molecule has 1 fully saturated rings. The highest BCUT2D eigenvalue weighted by Gasteiger charge is 2.30. The summed E-state index contributed by atoms with van der Waals surface area (Å²) < 4.78 is 9.88. The smallest absolute Gasteiger partial charge is 0.303 e. The zero-order chi connectivity index (χ0) is 27.0. The van der Waals surface area contributed by atoms with Gasteiger partial charge in [0.15, 0.2) is 0 Å². The average Bonchev–Trinajstić information content (AvgIpc) is 3.69. The Morgan fingerprint density at radius 2 is 1.36 bits per heavy atom. The molecule has 0 spiro atoms. The summed E-state index contributed by atoms with van der Waals surface area (Å²) in [6, 6.07) is 0. The monoisotopic (exact) mass is 520 g/mol. The van der Waals surface area contributed by atoms with Crippen LogP contribution in [0.4, 0.5) is 0 Å². The summed E-state index contributed by atoms with van der Waals surface area (Å²) in [5, 5.41) is 54.1. The van der Waals surface area contributed by atoms with Crippen LogP contribution >= 0.6 is 0 Å². The Labute approximate surface area is 217 Å². The van der Waals surface area contributed by atoms with E-state index < -0.39 is 37.0 Å². The van der Waals surface area contributed by atoms with Crippen LogP contribution in [0.5, 0.6) is 0 Å². The number of aliphatic hydroxyl groups is 5. The van der Waals surface area contributed by atoms with E-state index in [4.69, 9.17) is 24.8 Å². The van der Waals surface area contributed by atoms with Crippen molar-refractivity contribution in [1.82, 2.24) is 0 Å². The summed E-state index contributed by atoms with van der Waals surface area (Å²) >= 11 is 0. The predicted octanol–water partition coefficient (Wildman–Crippen LogP) is 2.95. The lowest BCUT2D eigenvalue weighted by Gasteiger charge is -2.25. The number of ether oxygens (including phenoxy) is 2. The van der Waals surface area contributed by atoms with Crippen molar-refractivity contribution in [3.63, 3.8) is 0 Å². The van der Waals surface area contributed by atoms with Gasteiger partial charge in [0, 0.05) is 6.42 Å². The van der Waals surface area contributed by atoms with Gasteiger partial charge in [0.1, 0.15) is 30.5 Å². The molecule has 0 aromatic rings. The van der Waals surface area contributed by atoms with Gasteiger partial charge in [-0.2, -0.15) is 0 Å².